The van der Waals surface area contributed by atoms with Crippen LogP contribution in [0.15, 0.2) is 29.3 Å². The molecular weight excluding hydrogens is 425 g/mol. The van der Waals surface area contributed by atoms with Crippen LogP contribution in [0.4, 0.5) is 0 Å². The van der Waals surface area contributed by atoms with Gasteiger partial charge in [0.15, 0.2) is 5.96 Å². The molecule has 3 N–H and O–H groups in total. The highest BCUT2D eigenvalue weighted by molar-refractivity contribution is 14.0. The Bertz CT molecular complexity index is 492. The molecule has 1 unspecified atom stereocenters. The summed E-state index contributed by atoms with van der Waals surface area (Å²) in [6.45, 7) is 11.4. The fraction of sp³-hybridized carbons (Fsp3) is 0.650. The zero-order valence-electron chi connectivity index (χ0n) is 16.2. The van der Waals surface area contributed by atoms with Gasteiger partial charge in [-0.15, -0.1) is 24.0 Å². The van der Waals surface area contributed by atoms with Crippen molar-refractivity contribution in [3.05, 3.63) is 35.4 Å². The van der Waals surface area contributed by atoms with Crippen molar-refractivity contribution in [3.63, 3.8) is 0 Å². The lowest BCUT2D eigenvalue weighted by Gasteiger charge is -2.17. The predicted octanol–water partition coefficient (Wildman–Crippen LogP) is 3.76. The van der Waals surface area contributed by atoms with E-state index in [4.69, 9.17) is 4.99 Å². The highest BCUT2D eigenvalue weighted by Gasteiger charge is 2.10. The van der Waals surface area contributed by atoms with Crippen LogP contribution in [-0.2, 0) is 6.42 Å². The van der Waals surface area contributed by atoms with Gasteiger partial charge in [-0.1, -0.05) is 43.7 Å². The van der Waals surface area contributed by atoms with Crippen molar-refractivity contribution in [1.29, 1.82) is 0 Å². The number of guanidine groups is 1. The van der Waals surface area contributed by atoms with E-state index in [0.29, 0.717) is 11.8 Å². The lowest BCUT2D eigenvalue weighted by molar-refractivity contribution is 0.245. The first-order chi connectivity index (χ1) is 11.5. The Labute approximate surface area is 170 Å². The molecule has 0 aliphatic rings. The maximum atomic E-state index is 9.23. The standard InChI is InChI=1S/C20H35N3O.HI/c1-5-21-20(23-15-19(10-12-24)13-16(2)3)22-11-9-18-8-6-7-17(4)14-18;/h6-8,14,16,19,24H,5,9-13,15H2,1-4H3,(H2,21,22,23);1H. The average Bonchev–Trinajstić information content (AvgIpc) is 2.52. The molecule has 1 aromatic rings. The van der Waals surface area contributed by atoms with E-state index in [2.05, 4.69) is 62.6 Å². The third-order valence-electron chi connectivity index (χ3n) is 3.98. The summed E-state index contributed by atoms with van der Waals surface area (Å²) in [6.07, 6.45) is 2.91. The van der Waals surface area contributed by atoms with Gasteiger partial charge in [0.1, 0.15) is 0 Å². The molecule has 0 fully saturated rings. The summed E-state index contributed by atoms with van der Waals surface area (Å²) in [5.41, 5.74) is 2.64. The van der Waals surface area contributed by atoms with Crippen LogP contribution >= 0.6 is 24.0 Å². The lowest BCUT2D eigenvalue weighted by atomic mass is 9.94. The number of benzene rings is 1. The Kier molecular flexibility index (Phi) is 13.9. The largest absolute Gasteiger partial charge is 0.396 e. The fourth-order valence-corrected chi connectivity index (χ4v) is 2.89. The summed E-state index contributed by atoms with van der Waals surface area (Å²) < 4.78 is 0. The molecule has 0 aliphatic heterocycles. The van der Waals surface area contributed by atoms with E-state index >= 15 is 0 Å². The molecule has 0 bridgehead atoms. The third kappa shape index (κ3) is 11.4. The van der Waals surface area contributed by atoms with Crippen LogP contribution in [0.5, 0.6) is 0 Å². The SMILES string of the molecule is CCNC(=NCC(CCO)CC(C)C)NCCc1cccc(C)c1.I. The van der Waals surface area contributed by atoms with Crippen molar-refractivity contribution in [1.82, 2.24) is 10.6 Å². The van der Waals surface area contributed by atoms with Gasteiger partial charge < -0.3 is 15.7 Å². The van der Waals surface area contributed by atoms with Gasteiger partial charge in [-0.3, -0.25) is 4.99 Å². The van der Waals surface area contributed by atoms with E-state index in [0.717, 1.165) is 44.9 Å². The monoisotopic (exact) mass is 461 g/mol. The second kappa shape index (κ2) is 14.4. The number of aliphatic hydroxyl groups excluding tert-OH is 1. The molecule has 25 heavy (non-hydrogen) atoms. The molecule has 0 spiro atoms. The van der Waals surface area contributed by atoms with Crippen LogP contribution in [0.1, 0.15) is 44.7 Å². The minimum atomic E-state index is 0. The van der Waals surface area contributed by atoms with Gasteiger partial charge in [-0.25, -0.2) is 0 Å². The smallest absolute Gasteiger partial charge is 0.191 e. The van der Waals surface area contributed by atoms with Crippen molar-refractivity contribution in [2.24, 2.45) is 16.8 Å². The van der Waals surface area contributed by atoms with Crippen LogP contribution in [0.25, 0.3) is 0 Å². The number of halogens is 1. The number of rotatable bonds is 10. The number of hydrogen-bond acceptors (Lipinski definition) is 2. The van der Waals surface area contributed by atoms with Crippen LogP contribution in [0.2, 0.25) is 0 Å². The second-order valence-electron chi connectivity index (χ2n) is 6.89. The Morgan fingerprint density at radius 2 is 2.00 bits per heavy atom. The maximum absolute atomic E-state index is 9.23. The van der Waals surface area contributed by atoms with Crippen molar-refractivity contribution < 1.29 is 5.11 Å². The Morgan fingerprint density at radius 1 is 1.24 bits per heavy atom. The van der Waals surface area contributed by atoms with Crippen LogP contribution < -0.4 is 10.6 Å². The highest BCUT2D eigenvalue weighted by Crippen LogP contribution is 2.15. The molecule has 1 aromatic carbocycles. The van der Waals surface area contributed by atoms with E-state index in [1.54, 1.807) is 0 Å². The Morgan fingerprint density at radius 3 is 2.60 bits per heavy atom. The highest BCUT2D eigenvalue weighted by atomic mass is 127. The van der Waals surface area contributed by atoms with Gasteiger partial charge in [0.05, 0.1) is 0 Å². The molecule has 0 saturated heterocycles. The number of nitrogens with one attached hydrogen (secondary N) is 2. The van der Waals surface area contributed by atoms with Crippen molar-refractivity contribution >= 4 is 29.9 Å². The van der Waals surface area contributed by atoms with Gasteiger partial charge in [0, 0.05) is 26.2 Å². The number of aliphatic hydroxyl groups is 1. The second-order valence-corrected chi connectivity index (χ2v) is 6.89. The number of nitrogens with zero attached hydrogens (tertiary/aromatic N) is 1. The van der Waals surface area contributed by atoms with E-state index in [9.17, 15) is 5.11 Å². The molecule has 144 valence electrons. The first kappa shape index (κ1) is 24.2. The normalized spacial score (nSPS) is 12.6. The molecule has 0 saturated carbocycles. The van der Waals surface area contributed by atoms with Gasteiger partial charge in [0.2, 0.25) is 0 Å². The molecule has 1 rings (SSSR count). The van der Waals surface area contributed by atoms with Crippen molar-refractivity contribution in [2.45, 2.75) is 47.0 Å². The van der Waals surface area contributed by atoms with E-state index in [1.807, 2.05) is 0 Å². The first-order valence-electron chi connectivity index (χ1n) is 9.23. The van der Waals surface area contributed by atoms with Crippen molar-refractivity contribution in [3.8, 4) is 0 Å². The summed E-state index contributed by atoms with van der Waals surface area (Å²) >= 11 is 0. The Hall–Kier alpha value is -0.820. The van der Waals surface area contributed by atoms with Crippen molar-refractivity contribution in [2.75, 3.05) is 26.2 Å². The van der Waals surface area contributed by atoms with Crippen LogP contribution in [0, 0.1) is 18.8 Å². The molecule has 0 amide bonds. The summed E-state index contributed by atoms with van der Waals surface area (Å²) in [7, 11) is 0. The molecule has 0 aromatic heterocycles. The van der Waals surface area contributed by atoms with E-state index in [-0.39, 0.29) is 30.6 Å². The number of aryl methyl sites for hydroxylation is 1. The van der Waals surface area contributed by atoms with Gasteiger partial charge in [-0.05, 0) is 50.5 Å². The number of hydrogen-bond donors (Lipinski definition) is 3. The van der Waals surface area contributed by atoms with E-state index < -0.39 is 0 Å². The minimum absolute atomic E-state index is 0. The zero-order valence-corrected chi connectivity index (χ0v) is 18.5. The maximum Gasteiger partial charge on any atom is 0.191 e. The molecule has 0 heterocycles. The summed E-state index contributed by atoms with van der Waals surface area (Å²) in [5.74, 6) is 1.95. The van der Waals surface area contributed by atoms with Crippen LogP contribution in [0.3, 0.4) is 0 Å². The zero-order chi connectivity index (χ0) is 17.8. The predicted molar refractivity (Wildman–Crippen MR) is 119 cm³/mol. The van der Waals surface area contributed by atoms with Gasteiger partial charge in [0.25, 0.3) is 0 Å². The summed E-state index contributed by atoms with van der Waals surface area (Å²) in [5, 5.41) is 16.0. The molecule has 5 heteroatoms. The first-order valence-corrected chi connectivity index (χ1v) is 9.23. The molecular formula is C20H36IN3O. The molecule has 0 aliphatic carbocycles. The minimum Gasteiger partial charge on any atom is -0.396 e. The summed E-state index contributed by atoms with van der Waals surface area (Å²) in [4.78, 5) is 4.72. The lowest BCUT2D eigenvalue weighted by Crippen LogP contribution is -2.38. The summed E-state index contributed by atoms with van der Waals surface area (Å²) in [6, 6.07) is 8.62. The van der Waals surface area contributed by atoms with Gasteiger partial charge in [-0.2, -0.15) is 0 Å². The van der Waals surface area contributed by atoms with Crippen LogP contribution in [-0.4, -0.2) is 37.3 Å². The molecule has 1 atom stereocenters. The average molecular weight is 461 g/mol. The number of aliphatic imine (C=N–C) groups is 1. The van der Waals surface area contributed by atoms with E-state index in [1.165, 1.54) is 11.1 Å². The fourth-order valence-electron chi connectivity index (χ4n) is 2.89. The Balaban J connectivity index is 0.00000576. The quantitative estimate of drug-likeness (QED) is 0.283. The molecule has 0 radical (unpaired) electrons. The van der Waals surface area contributed by atoms with Gasteiger partial charge >= 0.3 is 0 Å². The molecule has 4 nitrogen and oxygen atoms in total. The third-order valence-corrected chi connectivity index (χ3v) is 3.98. The topological polar surface area (TPSA) is 56.7 Å².